The fourth-order valence-corrected chi connectivity index (χ4v) is 5.06. The Morgan fingerprint density at radius 1 is 1.17 bits per heavy atom. The van der Waals surface area contributed by atoms with E-state index in [-0.39, 0.29) is 17.5 Å². The molecule has 2 atom stereocenters. The van der Waals surface area contributed by atoms with Crippen molar-refractivity contribution in [3.63, 3.8) is 0 Å². The number of amides is 1. The van der Waals surface area contributed by atoms with Crippen LogP contribution in [0.2, 0.25) is 0 Å². The van der Waals surface area contributed by atoms with Crippen LogP contribution in [0.5, 0.6) is 0 Å². The van der Waals surface area contributed by atoms with Gasteiger partial charge in [0.15, 0.2) is 15.9 Å². The SMILES string of the molecule is O=C(Nc1ccccc1)OC1CS(=O)(=O)CC1[NH+]1CCOCC1. The maximum absolute atomic E-state index is 12.0. The van der Waals surface area contributed by atoms with Gasteiger partial charge in [-0.1, -0.05) is 18.2 Å². The molecular weight excluding hydrogens is 320 g/mol. The van der Waals surface area contributed by atoms with Gasteiger partial charge >= 0.3 is 6.09 Å². The highest BCUT2D eigenvalue weighted by Crippen LogP contribution is 2.16. The number of nitrogens with one attached hydrogen (secondary N) is 2. The van der Waals surface area contributed by atoms with Gasteiger partial charge in [0.1, 0.15) is 24.9 Å². The summed E-state index contributed by atoms with van der Waals surface area (Å²) in [7, 11) is -3.18. The molecule has 0 aromatic heterocycles. The maximum Gasteiger partial charge on any atom is 0.412 e. The van der Waals surface area contributed by atoms with Crippen molar-refractivity contribution in [3.8, 4) is 0 Å². The normalized spacial score (nSPS) is 27.5. The topological polar surface area (TPSA) is 86.1 Å². The third kappa shape index (κ3) is 4.21. The van der Waals surface area contributed by atoms with Crippen molar-refractivity contribution in [1.29, 1.82) is 0 Å². The van der Waals surface area contributed by atoms with Crippen molar-refractivity contribution in [2.24, 2.45) is 0 Å². The van der Waals surface area contributed by atoms with Gasteiger partial charge in [-0.15, -0.1) is 0 Å². The Kier molecular flexibility index (Phi) is 4.84. The van der Waals surface area contributed by atoms with Crippen molar-refractivity contribution in [2.45, 2.75) is 12.1 Å². The molecule has 2 N–H and O–H groups in total. The highest BCUT2D eigenvalue weighted by atomic mass is 32.2. The van der Waals surface area contributed by atoms with Crippen LogP contribution in [0.25, 0.3) is 0 Å². The minimum atomic E-state index is -3.18. The summed E-state index contributed by atoms with van der Waals surface area (Å²) in [6.45, 7) is 2.68. The highest BCUT2D eigenvalue weighted by molar-refractivity contribution is 7.91. The van der Waals surface area contributed by atoms with Crippen molar-refractivity contribution in [3.05, 3.63) is 30.3 Å². The van der Waals surface area contributed by atoms with E-state index in [1.807, 2.05) is 6.07 Å². The Bertz CT molecular complexity index is 643. The lowest BCUT2D eigenvalue weighted by Crippen LogP contribution is -3.19. The summed E-state index contributed by atoms with van der Waals surface area (Å²) < 4.78 is 34.7. The number of carbonyl (C=O) groups excluding carboxylic acids is 1. The largest absolute Gasteiger partial charge is 0.439 e. The van der Waals surface area contributed by atoms with E-state index >= 15 is 0 Å². The first-order chi connectivity index (χ1) is 11.0. The molecule has 1 aromatic carbocycles. The number of rotatable bonds is 3. The third-order valence-corrected chi connectivity index (χ3v) is 5.94. The van der Waals surface area contributed by atoms with Crippen LogP contribution < -0.4 is 10.2 Å². The summed E-state index contributed by atoms with van der Waals surface area (Å²) >= 11 is 0. The molecule has 1 amide bonds. The number of hydrogen-bond acceptors (Lipinski definition) is 5. The maximum atomic E-state index is 12.0. The number of anilines is 1. The number of quaternary nitrogens is 1. The average Bonchev–Trinajstić information content (AvgIpc) is 2.83. The lowest BCUT2D eigenvalue weighted by atomic mass is 10.1. The highest BCUT2D eigenvalue weighted by Gasteiger charge is 2.46. The number of hydrogen-bond donors (Lipinski definition) is 2. The van der Waals surface area contributed by atoms with Gasteiger partial charge in [0.2, 0.25) is 0 Å². The van der Waals surface area contributed by atoms with Crippen LogP contribution in [0.1, 0.15) is 0 Å². The molecule has 23 heavy (non-hydrogen) atoms. The summed E-state index contributed by atoms with van der Waals surface area (Å²) in [6.07, 6.45) is -1.23. The van der Waals surface area contributed by atoms with Crippen LogP contribution in [0, 0.1) is 0 Å². The van der Waals surface area contributed by atoms with E-state index in [0.29, 0.717) is 18.9 Å². The second-order valence-electron chi connectivity index (χ2n) is 5.89. The van der Waals surface area contributed by atoms with Crippen molar-refractivity contribution in [2.75, 3.05) is 43.1 Å². The average molecular weight is 341 g/mol. The van der Waals surface area contributed by atoms with Crippen molar-refractivity contribution in [1.82, 2.24) is 0 Å². The first-order valence-electron chi connectivity index (χ1n) is 7.69. The number of ether oxygens (including phenoxy) is 2. The zero-order valence-electron chi connectivity index (χ0n) is 12.7. The van der Waals surface area contributed by atoms with Gasteiger partial charge in [0, 0.05) is 5.69 Å². The lowest BCUT2D eigenvalue weighted by molar-refractivity contribution is -0.932. The molecule has 3 rings (SSSR count). The zero-order chi connectivity index (χ0) is 16.3. The van der Waals surface area contributed by atoms with Crippen molar-refractivity contribution >= 4 is 21.6 Å². The fourth-order valence-electron chi connectivity index (χ4n) is 3.12. The number of benzene rings is 1. The van der Waals surface area contributed by atoms with Gasteiger partial charge in [0.05, 0.1) is 19.0 Å². The molecular formula is C15H21N2O5S+. The number of carbonyl (C=O) groups is 1. The fraction of sp³-hybridized carbons (Fsp3) is 0.533. The second kappa shape index (κ2) is 6.86. The molecule has 126 valence electrons. The lowest BCUT2D eigenvalue weighted by Gasteiger charge is -2.31. The van der Waals surface area contributed by atoms with E-state index in [4.69, 9.17) is 9.47 Å². The molecule has 2 aliphatic rings. The van der Waals surface area contributed by atoms with Crippen LogP contribution in [0.15, 0.2) is 30.3 Å². The first kappa shape index (κ1) is 16.2. The Hall–Kier alpha value is -1.64. The standard InChI is InChI=1S/C15H20N2O5S/c18-15(16-12-4-2-1-3-5-12)22-14-11-23(19,20)10-13(14)17-6-8-21-9-7-17/h1-5,13-14H,6-11H2,(H,16,18)/p+1. The first-order valence-corrected chi connectivity index (χ1v) is 9.51. The predicted molar refractivity (Wildman–Crippen MR) is 84.3 cm³/mol. The molecule has 8 heteroatoms. The molecule has 0 spiro atoms. The summed E-state index contributed by atoms with van der Waals surface area (Å²) in [4.78, 5) is 13.2. The molecule has 2 saturated heterocycles. The minimum Gasteiger partial charge on any atom is -0.439 e. The molecule has 7 nitrogen and oxygen atoms in total. The summed E-state index contributed by atoms with van der Waals surface area (Å²) in [5, 5.41) is 2.63. The Balaban J connectivity index is 1.65. The number of para-hydroxylation sites is 1. The molecule has 0 saturated carbocycles. The van der Waals surface area contributed by atoms with E-state index in [9.17, 15) is 13.2 Å². The van der Waals surface area contributed by atoms with Gasteiger partial charge in [-0.3, -0.25) is 5.32 Å². The van der Waals surface area contributed by atoms with Crippen LogP contribution in [-0.2, 0) is 19.3 Å². The molecule has 1 aromatic rings. The molecule has 2 fully saturated rings. The number of morpholine rings is 1. The van der Waals surface area contributed by atoms with Gasteiger partial charge in [-0.25, -0.2) is 13.2 Å². The van der Waals surface area contributed by atoms with E-state index in [1.165, 1.54) is 0 Å². The molecule has 2 unspecified atom stereocenters. The minimum absolute atomic E-state index is 0.0611. The van der Waals surface area contributed by atoms with E-state index in [1.54, 1.807) is 24.3 Å². The predicted octanol–water partition coefficient (Wildman–Crippen LogP) is -0.684. The van der Waals surface area contributed by atoms with E-state index in [2.05, 4.69) is 5.32 Å². The van der Waals surface area contributed by atoms with Crippen LogP contribution >= 0.6 is 0 Å². The monoisotopic (exact) mass is 341 g/mol. The Morgan fingerprint density at radius 3 is 2.57 bits per heavy atom. The second-order valence-corrected chi connectivity index (χ2v) is 8.04. The van der Waals surface area contributed by atoms with Gasteiger partial charge in [0.25, 0.3) is 0 Å². The van der Waals surface area contributed by atoms with Crippen molar-refractivity contribution < 1.29 is 27.6 Å². The Morgan fingerprint density at radius 2 is 1.87 bits per heavy atom. The van der Waals surface area contributed by atoms with Gasteiger partial charge in [-0.05, 0) is 12.1 Å². The van der Waals surface area contributed by atoms with Crippen LogP contribution in [-0.4, -0.2) is 64.5 Å². The van der Waals surface area contributed by atoms with E-state index in [0.717, 1.165) is 18.0 Å². The third-order valence-electron chi connectivity index (χ3n) is 4.24. The molecule has 2 heterocycles. The van der Waals surface area contributed by atoms with Crippen LogP contribution in [0.4, 0.5) is 10.5 Å². The summed E-state index contributed by atoms with van der Waals surface area (Å²) in [6, 6.07) is 8.73. The molecule has 0 aliphatic carbocycles. The van der Waals surface area contributed by atoms with Gasteiger partial charge < -0.3 is 14.4 Å². The smallest absolute Gasteiger partial charge is 0.412 e. The zero-order valence-corrected chi connectivity index (χ0v) is 13.6. The summed E-state index contributed by atoms with van der Waals surface area (Å²) in [5.41, 5.74) is 0.619. The molecule has 0 bridgehead atoms. The van der Waals surface area contributed by atoms with E-state index < -0.39 is 22.0 Å². The molecule has 2 aliphatic heterocycles. The quantitative estimate of drug-likeness (QED) is 0.761. The molecule has 0 radical (unpaired) electrons. The number of sulfone groups is 1. The Labute approximate surface area is 135 Å². The van der Waals surface area contributed by atoms with Gasteiger partial charge in [-0.2, -0.15) is 0 Å². The summed E-state index contributed by atoms with van der Waals surface area (Å²) in [5.74, 6) is -0.0458. The van der Waals surface area contributed by atoms with Crippen LogP contribution in [0.3, 0.4) is 0 Å².